The lowest BCUT2D eigenvalue weighted by molar-refractivity contribution is 0.141. The van der Waals surface area contributed by atoms with Gasteiger partial charge in [0.1, 0.15) is 5.67 Å². The average molecular weight is 239 g/mol. The largest absolute Gasteiger partial charge is 0.328 e. The molecule has 16 heavy (non-hydrogen) atoms. The zero-order valence-corrected chi connectivity index (χ0v) is 9.71. The third kappa shape index (κ3) is 1.64. The molecular weight excluding hydrogens is 225 g/mol. The SMILES string of the molecule is NCC(F)(Cc1cn2ccsc2n1)C1CC1. The van der Waals surface area contributed by atoms with Crippen LogP contribution in [-0.2, 0) is 6.42 Å². The van der Waals surface area contributed by atoms with Crippen LogP contribution < -0.4 is 5.73 Å². The molecule has 2 aromatic rings. The van der Waals surface area contributed by atoms with Gasteiger partial charge in [-0.05, 0) is 18.8 Å². The molecule has 86 valence electrons. The van der Waals surface area contributed by atoms with E-state index in [1.165, 1.54) is 0 Å². The highest BCUT2D eigenvalue weighted by Crippen LogP contribution is 2.43. The minimum absolute atomic E-state index is 0.100. The topological polar surface area (TPSA) is 43.3 Å². The van der Waals surface area contributed by atoms with Gasteiger partial charge in [0.25, 0.3) is 0 Å². The zero-order chi connectivity index (χ0) is 11.2. The molecule has 0 bridgehead atoms. The van der Waals surface area contributed by atoms with E-state index in [4.69, 9.17) is 5.73 Å². The molecule has 0 aliphatic heterocycles. The molecule has 1 atom stereocenters. The maximum Gasteiger partial charge on any atom is 0.193 e. The van der Waals surface area contributed by atoms with E-state index in [0.717, 1.165) is 23.5 Å². The number of halogens is 1. The van der Waals surface area contributed by atoms with Gasteiger partial charge in [0.05, 0.1) is 5.69 Å². The number of alkyl halides is 1. The molecule has 3 rings (SSSR count). The van der Waals surface area contributed by atoms with Crippen molar-refractivity contribution in [2.24, 2.45) is 11.7 Å². The Morgan fingerprint density at radius 2 is 2.44 bits per heavy atom. The van der Waals surface area contributed by atoms with Crippen LogP contribution in [0.1, 0.15) is 18.5 Å². The number of nitrogens with zero attached hydrogens (tertiary/aromatic N) is 2. The van der Waals surface area contributed by atoms with E-state index in [0.29, 0.717) is 6.42 Å². The first-order valence-corrected chi connectivity index (χ1v) is 6.39. The van der Waals surface area contributed by atoms with E-state index in [-0.39, 0.29) is 12.5 Å². The summed E-state index contributed by atoms with van der Waals surface area (Å²) in [4.78, 5) is 5.32. The summed E-state index contributed by atoms with van der Waals surface area (Å²) >= 11 is 1.56. The summed E-state index contributed by atoms with van der Waals surface area (Å²) in [7, 11) is 0. The monoisotopic (exact) mass is 239 g/mol. The quantitative estimate of drug-likeness (QED) is 0.887. The molecule has 2 N–H and O–H groups in total. The van der Waals surface area contributed by atoms with Gasteiger partial charge in [0.15, 0.2) is 4.96 Å². The summed E-state index contributed by atoms with van der Waals surface area (Å²) in [6.07, 6.45) is 6.13. The third-order valence-corrected chi connectivity index (χ3v) is 4.04. The first-order valence-electron chi connectivity index (χ1n) is 5.51. The van der Waals surface area contributed by atoms with Crippen molar-refractivity contribution in [2.45, 2.75) is 24.9 Å². The molecule has 1 unspecified atom stereocenters. The first kappa shape index (κ1) is 10.2. The maximum absolute atomic E-state index is 14.5. The molecule has 1 aliphatic rings. The van der Waals surface area contributed by atoms with Crippen LogP contribution >= 0.6 is 11.3 Å². The van der Waals surface area contributed by atoms with Gasteiger partial charge in [-0.3, -0.25) is 4.40 Å². The molecule has 2 aromatic heterocycles. The predicted molar refractivity (Wildman–Crippen MR) is 62.4 cm³/mol. The highest BCUT2D eigenvalue weighted by molar-refractivity contribution is 7.15. The Morgan fingerprint density at radius 1 is 1.62 bits per heavy atom. The molecule has 0 radical (unpaired) electrons. The van der Waals surface area contributed by atoms with Gasteiger partial charge in [-0.2, -0.15) is 0 Å². The fourth-order valence-corrected chi connectivity index (χ4v) is 2.87. The van der Waals surface area contributed by atoms with Crippen molar-refractivity contribution >= 4 is 16.3 Å². The van der Waals surface area contributed by atoms with Gasteiger partial charge in [0.2, 0.25) is 0 Å². The molecule has 1 aliphatic carbocycles. The Bertz CT molecular complexity index is 474. The Kier molecular flexibility index (Phi) is 2.26. The average Bonchev–Trinajstić information content (AvgIpc) is 2.93. The molecule has 1 saturated carbocycles. The summed E-state index contributed by atoms with van der Waals surface area (Å²) in [6.45, 7) is 0.100. The lowest BCUT2D eigenvalue weighted by atomic mass is 9.94. The molecule has 3 nitrogen and oxygen atoms in total. The Balaban J connectivity index is 1.85. The molecule has 5 heteroatoms. The van der Waals surface area contributed by atoms with E-state index < -0.39 is 5.67 Å². The number of rotatable bonds is 4. The summed E-state index contributed by atoms with van der Waals surface area (Å²) < 4.78 is 16.4. The van der Waals surface area contributed by atoms with Gasteiger partial charge in [-0.15, -0.1) is 11.3 Å². The fraction of sp³-hybridized carbons (Fsp3) is 0.545. The molecule has 0 aromatic carbocycles. The van der Waals surface area contributed by atoms with Gasteiger partial charge in [-0.1, -0.05) is 0 Å². The van der Waals surface area contributed by atoms with Crippen molar-refractivity contribution in [3.05, 3.63) is 23.5 Å². The van der Waals surface area contributed by atoms with Crippen LogP contribution in [0, 0.1) is 5.92 Å². The van der Waals surface area contributed by atoms with E-state index in [1.54, 1.807) is 11.3 Å². The Labute approximate surface area is 97.1 Å². The van der Waals surface area contributed by atoms with Crippen LogP contribution in [0.15, 0.2) is 17.8 Å². The van der Waals surface area contributed by atoms with Crippen molar-refractivity contribution in [3.8, 4) is 0 Å². The van der Waals surface area contributed by atoms with Gasteiger partial charge in [-0.25, -0.2) is 9.37 Å². The lowest BCUT2D eigenvalue weighted by Crippen LogP contribution is -2.37. The van der Waals surface area contributed by atoms with Crippen molar-refractivity contribution in [3.63, 3.8) is 0 Å². The number of aromatic nitrogens is 2. The fourth-order valence-electron chi connectivity index (χ4n) is 2.15. The van der Waals surface area contributed by atoms with Crippen LogP contribution in [0.4, 0.5) is 4.39 Å². The number of hydrogen-bond donors (Lipinski definition) is 1. The number of hydrogen-bond acceptors (Lipinski definition) is 3. The van der Waals surface area contributed by atoms with Gasteiger partial charge in [0, 0.05) is 30.7 Å². The minimum atomic E-state index is -1.25. The third-order valence-electron chi connectivity index (χ3n) is 3.27. The molecule has 1 fully saturated rings. The van der Waals surface area contributed by atoms with Crippen LogP contribution in [0.2, 0.25) is 0 Å². The summed E-state index contributed by atoms with van der Waals surface area (Å²) in [5.41, 5.74) is 5.12. The van der Waals surface area contributed by atoms with Crippen molar-refractivity contribution < 1.29 is 4.39 Å². The number of fused-ring (bicyclic) bond motifs is 1. The van der Waals surface area contributed by atoms with Crippen LogP contribution in [0.3, 0.4) is 0 Å². The molecular formula is C11H14FN3S. The Morgan fingerprint density at radius 3 is 3.06 bits per heavy atom. The lowest BCUT2D eigenvalue weighted by Gasteiger charge is -2.21. The number of imidazole rings is 1. The second-order valence-corrected chi connectivity index (χ2v) is 5.39. The minimum Gasteiger partial charge on any atom is -0.328 e. The van der Waals surface area contributed by atoms with Crippen molar-refractivity contribution in [1.82, 2.24) is 9.38 Å². The number of nitrogens with two attached hydrogens (primary N) is 1. The first-order chi connectivity index (χ1) is 7.71. The normalized spacial score (nSPS) is 20.1. The smallest absolute Gasteiger partial charge is 0.193 e. The molecule has 0 spiro atoms. The van der Waals surface area contributed by atoms with Gasteiger partial charge >= 0.3 is 0 Å². The van der Waals surface area contributed by atoms with Gasteiger partial charge < -0.3 is 5.73 Å². The van der Waals surface area contributed by atoms with E-state index in [1.807, 2.05) is 22.2 Å². The maximum atomic E-state index is 14.5. The zero-order valence-electron chi connectivity index (χ0n) is 8.90. The Hall–Kier alpha value is -0.940. The molecule has 0 saturated heterocycles. The summed E-state index contributed by atoms with van der Waals surface area (Å²) in [6, 6.07) is 0. The predicted octanol–water partition coefficient (Wildman–Crippen LogP) is 2.02. The van der Waals surface area contributed by atoms with E-state index in [2.05, 4.69) is 4.98 Å². The van der Waals surface area contributed by atoms with Crippen LogP contribution in [0.25, 0.3) is 4.96 Å². The standard InChI is InChI=1S/C11H14FN3S/c12-11(7-13,8-1-2-8)5-9-6-15-3-4-16-10(15)14-9/h3-4,6,8H,1-2,5,7,13H2. The summed E-state index contributed by atoms with van der Waals surface area (Å²) in [5.74, 6) is 0.150. The highest BCUT2D eigenvalue weighted by atomic mass is 32.1. The number of thiazole rings is 1. The molecule has 0 amide bonds. The van der Waals surface area contributed by atoms with Crippen molar-refractivity contribution in [1.29, 1.82) is 0 Å². The second kappa shape index (κ2) is 3.53. The molecule has 2 heterocycles. The summed E-state index contributed by atoms with van der Waals surface area (Å²) in [5, 5.41) is 1.97. The highest BCUT2D eigenvalue weighted by Gasteiger charge is 2.45. The van der Waals surface area contributed by atoms with E-state index >= 15 is 0 Å². The second-order valence-electron chi connectivity index (χ2n) is 4.51. The van der Waals surface area contributed by atoms with E-state index in [9.17, 15) is 4.39 Å². The van der Waals surface area contributed by atoms with Crippen LogP contribution in [0.5, 0.6) is 0 Å². The van der Waals surface area contributed by atoms with Crippen molar-refractivity contribution in [2.75, 3.05) is 6.54 Å². The van der Waals surface area contributed by atoms with Crippen LogP contribution in [-0.4, -0.2) is 21.6 Å².